The molecule has 1 fully saturated rings. The van der Waals surface area contributed by atoms with Crippen molar-refractivity contribution in [3.63, 3.8) is 0 Å². The van der Waals surface area contributed by atoms with Gasteiger partial charge >= 0.3 is 6.09 Å². The monoisotopic (exact) mass is 242 g/mol. The van der Waals surface area contributed by atoms with Crippen molar-refractivity contribution in [3.8, 4) is 0 Å². The van der Waals surface area contributed by atoms with Crippen molar-refractivity contribution >= 4 is 6.09 Å². The van der Waals surface area contributed by atoms with E-state index in [-0.39, 0.29) is 6.09 Å². The van der Waals surface area contributed by atoms with Crippen LogP contribution in [0.3, 0.4) is 0 Å². The Labute approximate surface area is 105 Å². The summed E-state index contributed by atoms with van der Waals surface area (Å²) < 4.78 is 5.30. The molecule has 0 aliphatic carbocycles. The SMILES string of the molecule is CN(CCCC1CCNC1)C(=O)OC(C)(C)C. The molecule has 1 atom stereocenters. The van der Waals surface area contributed by atoms with E-state index in [1.807, 2.05) is 20.8 Å². The molecule has 0 bridgehead atoms. The second-order valence-electron chi connectivity index (χ2n) is 5.90. The highest BCUT2D eigenvalue weighted by atomic mass is 16.6. The van der Waals surface area contributed by atoms with Crippen LogP contribution in [0.1, 0.15) is 40.0 Å². The summed E-state index contributed by atoms with van der Waals surface area (Å²) >= 11 is 0. The number of carbonyl (C=O) groups excluding carboxylic acids is 1. The predicted octanol–water partition coefficient (Wildman–Crippen LogP) is 2.24. The lowest BCUT2D eigenvalue weighted by atomic mass is 10.0. The first-order valence-corrected chi connectivity index (χ1v) is 6.53. The summed E-state index contributed by atoms with van der Waals surface area (Å²) in [6, 6.07) is 0. The van der Waals surface area contributed by atoms with Gasteiger partial charge in [0.05, 0.1) is 0 Å². The zero-order chi connectivity index (χ0) is 12.9. The number of nitrogens with zero attached hydrogens (tertiary/aromatic N) is 1. The summed E-state index contributed by atoms with van der Waals surface area (Å²) in [5.41, 5.74) is -0.402. The molecule has 1 saturated heterocycles. The van der Waals surface area contributed by atoms with Crippen molar-refractivity contribution in [2.24, 2.45) is 5.92 Å². The molecule has 4 nitrogen and oxygen atoms in total. The van der Waals surface area contributed by atoms with Crippen molar-refractivity contribution in [1.29, 1.82) is 0 Å². The van der Waals surface area contributed by atoms with Gasteiger partial charge in [0, 0.05) is 13.6 Å². The molecule has 0 radical (unpaired) electrons. The fourth-order valence-electron chi connectivity index (χ4n) is 2.01. The van der Waals surface area contributed by atoms with Crippen LogP contribution in [-0.2, 0) is 4.74 Å². The highest BCUT2D eigenvalue weighted by Crippen LogP contribution is 2.15. The van der Waals surface area contributed by atoms with Gasteiger partial charge < -0.3 is 15.0 Å². The van der Waals surface area contributed by atoms with E-state index in [4.69, 9.17) is 4.74 Å². The average molecular weight is 242 g/mol. The molecule has 0 spiro atoms. The first-order valence-electron chi connectivity index (χ1n) is 6.53. The molecular formula is C13H26N2O2. The van der Waals surface area contributed by atoms with Gasteiger partial charge in [-0.05, 0) is 59.0 Å². The third kappa shape index (κ3) is 5.91. The lowest BCUT2D eigenvalue weighted by Gasteiger charge is -2.24. The van der Waals surface area contributed by atoms with Crippen LogP contribution in [0.2, 0.25) is 0 Å². The molecule has 1 heterocycles. The molecule has 1 rings (SSSR count). The van der Waals surface area contributed by atoms with Crippen molar-refractivity contribution in [2.45, 2.75) is 45.6 Å². The van der Waals surface area contributed by atoms with E-state index in [1.165, 1.54) is 12.8 Å². The van der Waals surface area contributed by atoms with Crippen LogP contribution < -0.4 is 5.32 Å². The molecule has 0 aromatic carbocycles. The molecule has 1 aliphatic heterocycles. The highest BCUT2D eigenvalue weighted by Gasteiger charge is 2.20. The topological polar surface area (TPSA) is 41.6 Å². The zero-order valence-corrected chi connectivity index (χ0v) is 11.6. The zero-order valence-electron chi connectivity index (χ0n) is 11.6. The third-order valence-electron chi connectivity index (χ3n) is 2.97. The van der Waals surface area contributed by atoms with Gasteiger partial charge in [0.2, 0.25) is 0 Å². The number of amides is 1. The molecule has 0 aromatic rings. The minimum Gasteiger partial charge on any atom is -0.444 e. The second kappa shape index (κ2) is 6.24. The Hall–Kier alpha value is -0.770. The normalized spacial score (nSPS) is 20.4. The maximum Gasteiger partial charge on any atom is 0.410 e. The standard InChI is InChI=1S/C13H26N2O2/c1-13(2,3)17-12(16)15(4)9-5-6-11-7-8-14-10-11/h11,14H,5-10H2,1-4H3. The van der Waals surface area contributed by atoms with E-state index in [1.54, 1.807) is 11.9 Å². The van der Waals surface area contributed by atoms with Crippen molar-refractivity contribution < 1.29 is 9.53 Å². The first kappa shape index (κ1) is 14.3. The molecule has 1 unspecified atom stereocenters. The second-order valence-corrected chi connectivity index (χ2v) is 5.90. The molecule has 1 amide bonds. The largest absolute Gasteiger partial charge is 0.444 e. The maximum atomic E-state index is 11.7. The van der Waals surface area contributed by atoms with Crippen LogP contribution in [0, 0.1) is 5.92 Å². The molecule has 0 saturated carbocycles. The van der Waals surface area contributed by atoms with Gasteiger partial charge in [-0.1, -0.05) is 0 Å². The number of hydrogen-bond acceptors (Lipinski definition) is 3. The fraction of sp³-hybridized carbons (Fsp3) is 0.923. The van der Waals surface area contributed by atoms with E-state index < -0.39 is 5.60 Å². The van der Waals surface area contributed by atoms with Gasteiger partial charge in [0.1, 0.15) is 5.60 Å². The number of carbonyl (C=O) groups is 1. The minimum atomic E-state index is -0.402. The smallest absolute Gasteiger partial charge is 0.410 e. The van der Waals surface area contributed by atoms with Gasteiger partial charge in [-0.2, -0.15) is 0 Å². The molecule has 0 aromatic heterocycles. The summed E-state index contributed by atoms with van der Waals surface area (Å²) in [5, 5.41) is 3.36. The molecule has 100 valence electrons. The van der Waals surface area contributed by atoms with Crippen LogP contribution in [0.15, 0.2) is 0 Å². The Kier molecular flexibility index (Phi) is 5.25. The molecular weight excluding hydrogens is 216 g/mol. The van der Waals surface area contributed by atoms with Crippen LogP contribution >= 0.6 is 0 Å². The van der Waals surface area contributed by atoms with Crippen LogP contribution in [0.4, 0.5) is 4.79 Å². The Morgan fingerprint density at radius 2 is 2.18 bits per heavy atom. The van der Waals surface area contributed by atoms with Gasteiger partial charge in [-0.25, -0.2) is 4.79 Å². The van der Waals surface area contributed by atoms with E-state index in [0.29, 0.717) is 0 Å². The molecule has 17 heavy (non-hydrogen) atoms. The molecule has 4 heteroatoms. The Morgan fingerprint density at radius 3 is 2.71 bits per heavy atom. The predicted molar refractivity (Wildman–Crippen MR) is 69.1 cm³/mol. The third-order valence-corrected chi connectivity index (χ3v) is 2.97. The lowest BCUT2D eigenvalue weighted by Crippen LogP contribution is -2.34. The Balaban J connectivity index is 2.15. The summed E-state index contributed by atoms with van der Waals surface area (Å²) in [7, 11) is 1.81. The number of hydrogen-bond donors (Lipinski definition) is 1. The van der Waals surface area contributed by atoms with E-state index >= 15 is 0 Å². The summed E-state index contributed by atoms with van der Waals surface area (Å²) in [5.74, 6) is 0.794. The van der Waals surface area contributed by atoms with Gasteiger partial charge in [0.15, 0.2) is 0 Å². The van der Waals surface area contributed by atoms with Gasteiger partial charge in [-0.15, -0.1) is 0 Å². The Morgan fingerprint density at radius 1 is 1.47 bits per heavy atom. The number of ether oxygens (including phenoxy) is 1. The van der Waals surface area contributed by atoms with Crippen LogP contribution in [0.25, 0.3) is 0 Å². The first-order chi connectivity index (χ1) is 7.88. The van der Waals surface area contributed by atoms with E-state index in [0.717, 1.165) is 32.0 Å². The minimum absolute atomic E-state index is 0.220. The van der Waals surface area contributed by atoms with Crippen molar-refractivity contribution in [3.05, 3.63) is 0 Å². The quantitative estimate of drug-likeness (QED) is 0.822. The van der Waals surface area contributed by atoms with Crippen LogP contribution in [0.5, 0.6) is 0 Å². The summed E-state index contributed by atoms with van der Waals surface area (Å²) in [6.07, 6.45) is 3.31. The lowest BCUT2D eigenvalue weighted by molar-refractivity contribution is 0.0295. The van der Waals surface area contributed by atoms with Gasteiger partial charge in [0.25, 0.3) is 0 Å². The highest BCUT2D eigenvalue weighted by molar-refractivity contribution is 5.67. The van der Waals surface area contributed by atoms with E-state index in [9.17, 15) is 4.79 Å². The maximum absolute atomic E-state index is 11.7. The number of rotatable bonds is 4. The fourth-order valence-corrected chi connectivity index (χ4v) is 2.01. The number of nitrogens with one attached hydrogen (secondary N) is 1. The van der Waals surface area contributed by atoms with Crippen molar-refractivity contribution in [2.75, 3.05) is 26.7 Å². The van der Waals surface area contributed by atoms with E-state index in [2.05, 4.69) is 5.32 Å². The molecule has 1 N–H and O–H groups in total. The van der Waals surface area contributed by atoms with Crippen LogP contribution in [-0.4, -0.2) is 43.3 Å². The average Bonchev–Trinajstić information content (AvgIpc) is 2.67. The van der Waals surface area contributed by atoms with Crippen molar-refractivity contribution in [1.82, 2.24) is 10.2 Å². The van der Waals surface area contributed by atoms with Gasteiger partial charge in [-0.3, -0.25) is 0 Å². The Bertz CT molecular complexity index is 242. The molecule has 1 aliphatic rings. The summed E-state index contributed by atoms with van der Waals surface area (Å²) in [4.78, 5) is 13.4. The summed E-state index contributed by atoms with van der Waals surface area (Å²) in [6.45, 7) is 8.74.